The van der Waals surface area contributed by atoms with E-state index in [-0.39, 0.29) is 11.4 Å². The maximum atomic E-state index is 12.1. The Morgan fingerprint density at radius 1 is 1.41 bits per heavy atom. The summed E-state index contributed by atoms with van der Waals surface area (Å²) in [7, 11) is 0. The van der Waals surface area contributed by atoms with Crippen molar-refractivity contribution in [1.29, 1.82) is 0 Å². The Labute approximate surface area is 110 Å². The van der Waals surface area contributed by atoms with Crippen LogP contribution in [0.1, 0.15) is 42.5 Å². The third kappa shape index (κ3) is 3.06. The first-order chi connectivity index (χ1) is 8.26. The van der Waals surface area contributed by atoms with Gasteiger partial charge in [-0.15, -0.1) is 0 Å². The fourth-order valence-electron chi connectivity index (χ4n) is 2.33. The van der Waals surface area contributed by atoms with E-state index in [1.807, 2.05) is 0 Å². The summed E-state index contributed by atoms with van der Waals surface area (Å²) in [6.45, 7) is 0. The van der Waals surface area contributed by atoms with Crippen LogP contribution in [0.15, 0.2) is 24.5 Å². The van der Waals surface area contributed by atoms with E-state index < -0.39 is 0 Å². The predicted molar refractivity (Wildman–Crippen MR) is 71.3 cm³/mol. The average molecular weight is 297 g/mol. The SMILES string of the molecule is O=C(NC1(CBr)CCCCC1)c1cccnc1. The summed E-state index contributed by atoms with van der Waals surface area (Å²) in [6, 6.07) is 3.59. The van der Waals surface area contributed by atoms with Gasteiger partial charge in [-0.1, -0.05) is 35.2 Å². The van der Waals surface area contributed by atoms with Crippen LogP contribution in [-0.2, 0) is 0 Å². The smallest absolute Gasteiger partial charge is 0.253 e. The second kappa shape index (κ2) is 5.63. The van der Waals surface area contributed by atoms with Crippen LogP contribution in [0.25, 0.3) is 0 Å². The van der Waals surface area contributed by atoms with E-state index in [1.54, 1.807) is 24.5 Å². The van der Waals surface area contributed by atoms with E-state index >= 15 is 0 Å². The maximum Gasteiger partial charge on any atom is 0.253 e. The summed E-state index contributed by atoms with van der Waals surface area (Å²) >= 11 is 3.54. The summed E-state index contributed by atoms with van der Waals surface area (Å²) in [6.07, 6.45) is 9.07. The molecular formula is C13H17BrN2O. The zero-order chi connectivity index (χ0) is 12.1. The molecule has 0 atom stereocenters. The molecule has 1 saturated carbocycles. The van der Waals surface area contributed by atoms with Crippen LogP contribution in [0.5, 0.6) is 0 Å². The number of hydrogen-bond acceptors (Lipinski definition) is 2. The second-order valence-corrected chi connectivity index (χ2v) is 5.23. The molecule has 0 spiro atoms. The molecule has 0 bridgehead atoms. The number of hydrogen-bond donors (Lipinski definition) is 1. The molecule has 0 aliphatic heterocycles. The highest BCUT2D eigenvalue weighted by atomic mass is 79.9. The van der Waals surface area contributed by atoms with Crippen LogP contribution in [0.4, 0.5) is 0 Å². The fraction of sp³-hybridized carbons (Fsp3) is 0.538. The van der Waals surface area contributed by atoms with Gasteiger partial charge in [0.15, 0.2) is 0 Å². The summed E-state index contributed by atoms with van der Waals surface area (Å²) in [4.78, 5) is 16.1. The van der Waals surface area contributed by atoms with Crippen LogP contribution < -0.4 is 5.32 Å². The van der Waals surface area contributed by atoms with Crippen LogP contribution >= 0.6 is 15.9 Å². The number of rotatable bonds is 3. The predicted octanol–water partition coefficient (Wildman–Crippen LogP) is 2.91. The van der Waals surface area contributed by atoms with Gasteiger partial charge in [0, 0.05) is 17.7 Å². The van der Waals surface area contributed by atoms with Gasteiger partial charge < -0.3 is 5.32 Å². The highest BCUT2D eigenvalue weighted by Crippen LogP contribution is 2.30. The van der Waals surface area contributed by atoms with Gasteiger partial charge in [-0.25, -0.2) is 0 Å². The number of nitrogens with zero attached hydrogens (tertiary/aromatic N) is 1. The number of carbonyl (C=O) groups is 1. The molecule has 1 aliphatic rings. The Kier molecular flexibility index (Phi) is 4.15. The van der Waals surface area contributed by atoms with Crippen LogP contribution in [0, 0.1) is 0 Å². The van der Waals surface area contributed by atoms with Crippen molar-refractivity contribution in [2.24, 2.45) is 0 Å². The van der Waals surface area contributed by atoms with Crippen LogP contribution in [0.3, 0.4) is 0 Å². The lowest BCUT2D eigenvalue weighted by Crippen LogP contribution is -2.51. The third-order valence-corrected chi connectivity index (χ3v) is 4.44. The molecule has 1 N–H and O–H groups in total. The van der Waals surface area contributed by atoms with E-state index in [0.717, 1.165) is 18.2 Å². The van der Waals surface area contributed by atoms with Gasteiger partial charge in [0.25, 0.3) is 5.91 Å². The lowest BCUT2D eigenvalue weighted by molar-refractivity contribution is 0.0886. The Bertz CT molecular complexity index is 374. The molecule has 0 aromatic carbocycles. The van der Waals surface area contributed by atoms with Crippen molar-refractivity contribution < 1.29 is 4.79 Å². The van der Waals surface area contributed by atoms with E-state index in [0.29, 0.717) is 5.56 Å². The summed E-state index contributed by atoms with van der Waals surface area (Å²) in [5, 5.41) is 4.00. The van der Waals surface area contributed by atoms with E-state index in [1.165, 1.54) is 19.3 Å². The number of alkyl halides is 1. The number of aromatic nitrogens is 1. The largest absolute Gasteiger partial charge is 0.346 e. The molecule has 1 aliphatic carbocycles. The molecule has 1 aromatic heterocycles. The monoisotopic (exact) mass is 296 g/mol. The number of nitrogens with one attached hydrogen (secondary N) is 1. The van der Waals surface area contributed by atoms with E-state index in [2.05, 4.69) is 26.2 Å². The van der Waals surface area contributed by atoms with Crippen molar-refractivity contribution in [1.82, 2.24) is 10.3 Å². The molecule has 4 heteroatoms. The minimum absolute atomic E-state index is 0.0144. The van der Waals surface area contributed by atoms with E-state index in [9.17, 15) is 4.79 Å². The van der Waals surface area contributed by atoms with E-state index in [4.69, 9.17) is 0 Å². The Balaban J connectivity index is 2.06. The first kappa shape index (κ1) is 12.6. The first-order valence-electron chi connectivity index (χ1n) is 6.04. The molecule has 3 nitrogen and oxygen atoms in total. The molecule has 17 heavy (non-hydrogen) atoms. The average Bonchev–Trinajstić information content (AvgIpc) is 2.41. The molecule has 1 heterocycles. The fourth-order valence-corrected chi connectivity index (χ4v) is 3.03. The third-order valence-electron chi connectivity index (χ3n) is 3.37. The van der Waals surface area contributed by atoms with Crippen molar-refractivity contribution in [3.05, 3.63) is 30.1 Å². The Morgan fingerprint density at radius 2 is 2.18 bits per heavy atom. The summed E-state index contributed by atoms with van der Waals surface area (Å²) in [5.41, 5.74) is 0.573. The van der Waals surface area contributed by atoms with Gasteiger partial charge in [-0.2, -0.15) is 0 Å². The number of halogens is 1. The number of carbonyl (C=O) groups excluding carboxylic acids is 1. The topological polar surface area (TPSA) is 42.0 Å². The van der Waals surface area contributed by atoms with Gasteiger partial charge in [0.05, 0.1) is 11.1 Å². The molecule has 0 radical (unpaired) electrons. The van der Waals surface area contributed by atoms with Gasteiger partial charge in [-0.3, -0.25) is 9.78 Å². The molecule has 0 unspecified atom stereocenters. The van der Waals surface area contributed by atoms with Gasteiger partial charge in [0.2, 0.25) is 0 Å². The highest BCUT2D eigenvalue weighted by Gasteiger charge is 2.32. The van der Waals surface area contributed by atoms with Crippen LogP contribution in [-0.4, -0.2) is 21.8 Å². The van der Waals surface area contributed by atoms with Crippen molar-refractivity contribution in [3.63, 3.8) is 0 Å². The Hall–Kier alpha value is -0.900. The van der Waals surface area contributed by atoms with Crippen molar-refractivity contribution in [2.45, 2.75) is 37.6 Å². The zero-order valence-electron chi connectivity index (χ0n) is 9.79. The van der Waals surface area contributed by atoms with Crippen molar-refractivity contribution in [2.75, 3.05) is 5.33 Å². The maximum absolute atomic E-state index is 12.1. The summed E-state index contributed by atoms with van der Waals surface area (Å²) < 4.78 is 0. The molecule has 0 saturated heterocycles. The number of amides is 1. The quantitative estimate of drug-likeness (QED) is 0.872. The second-order valence-electron chi connectivity index (χ2n) is 4.67. The minimum atomic E-state index is -0.0643. The van der Waals surface area contributed by atoms with Crippen LogP contribution in [0.2, 0.25) is 0 Å². The molecule has 92 valence electrons. The number of pyridine rings is 1. The lowest BCUT2D eigenvalue weighted by atomic mass is 9.83. The van der Waals surface area contributed by atoms with Gasteiger partial charge in [0.1, 0.15) is 0 Å². The van der Waals surface area contributed by atoms with Gasteiger partial charge >= 0.3 is 0 Å². The van der Waals surface area contributed by atoms with Gasteiger partial charge in [-0.05, 0) is 25.0 Å². The van der Waals surface area contributed by atoms with Crippen molar-refractivity contribution in [3.8, 4) is 0 Å². The first-order valence-corrected chi connectivity index (χ1v) is 7.16. The molecule has 1 amide bonds. The Morgan fingerprint density at radius 3 is 2.76 bits per heavy atom. The zero-order valence-corrected chi connectivity index (χ0v) is 11.4. The lowest BCUT2D eigenvalue weighted by Gasteiger charge is -2.36. The normalized spacial score (nSPS) is 18.6. The molecule has 2 rings (SSSR count). The summed E-state index contributed by atoms with van der Waals surface area (Å²) in [5.74, 6) is -0.0144. The minimum Gasteiger partial charge on any atom is -0.346 e. The van der Waals surface area contributed by atoms with Crippen molar-refractivity contribution >= 4 is 21.8 Å². The molecular weight excluding hydrogens is 280 g/mol. The standard InChI is InChI=1S/C13H17BrN2O/c14-10-13(6-2-1-3-7-13)16-12(17)11-5-4-8-15-9-11/h4-5,8-9H,1-3,6-7,10H2,(H,16,17). The highest BCUT2D eigenvalue weighted by molar-refractivity contribution is 9.09. The molecule has 1 aromatic rings. The molecule has 1 fully saturated rings.